The highest BCUT2D eigenvalue weighted by Crippen LogP contribution is 2.43. The lowest BCUT2D eigenvalue weighted by molar-refractivity contribution is 0.673. The maximum atomic E-state index is 9.58. The van der Waals surface area contributed by atoms with Crippen molar-refractivity contribution in [2.24, 2.45) is 0 Å². The van der Waals surface area contributed by atoms with Gasteiger partial charge in [0.05, 0.1) is 11.6 Å². The minimum atomic E-state index is 0.620. The summed E-state index contributed by atoms with van der Waals surface area (Å²) in [5, 5.41) is 16.2. The second-order valence-corrected chi connectivity index (χ2v) is 14.7. The van der Waals surface area contributed by atoms with Crippen LogP contribution in [0.3, 0.4) is 0 Å². The van der Waals surface area contributed by atoms with Crippen molar-refractivity contribution >= 4 is 43.5 Å². The third-order valence-corrected chi connectivity index (χ3v) is 11.1. The molecule has 0 N–H and O–H groups in total. The Morgan fingerprint density at radius 1 is 0.339 bits per heavy atom. The molecule has 5 heteroatoms. The Hall–Kier alpha value is -8.20. The van der Waals surface area contributed by atoms with Crippen molar-refractivity contribution in [1.82, 2.24) is 15.0 Å². The fourth-order valence-corrected chi connectivity index (χ4v) is 8.24. The molecular formula is C54H32N4O. The van der Waals surface area contributed by atoms with E-state index in [1.165, 1.54) is 0 Å². The average Bonchev–Trinajstić information content (AvgIpc) is 3.72. The summed E-state index contributed by atoms with van der Waals surface area (Å²) in [6.45, 7) is 0. The summed E-state index contributed by atoms with van der Waals surface area (Å²) >= 11 is 0. The summed E-state index contributed by atoms with van der Waals surface area (Å²) in [7, 11) is 0. The molecule has 59 heavy (non-hydrogen) atoms. The largest absolute Gasteiger partial charge is 0.455 e. The second-order valence-electron chi connectivity index (χ2n) is 14.7. The topological polar surface area (TPSA) is 75.6 Å². The fraction of sp³-hybridized carbons (Fsp3) is 0. The monoisotopic (exact) mass is 752 g/mol. The van der Waals surface area contributed by atoms with Gasteiger partial charge in [0.1, 0.15) is 11.2 Å². The maximum absolute atomic E-state index is 9.58. The molecule has 2 heterocycles. The average molecular weight is 753 g/mol. The third kappa shape index (κ3) is 6.08. The number of furan rings is 1. The minimum Gasteiger partial charge on any atom is -0.455 e. The molecule has 0 bridgehead atoms. The molecule has 9 aromatic carbocycles. The van der Waals surface area contributed by atoms with Gasteiger partial charge < -0.3 is 4.42 Å². The summed E-state index contributed by atoms with van der Waals surface area (Å²) in [6.07, 6.45) is 0. The number of para-hydroxylation sites is 1. The molecule has 0 radical (unpaired) electrons. The minimum absolute atomic E-state index is 0.620. The van der Waals surface area contributed by atoms with Crippen LogP contribution >= 0.6 is 0 Å². The zero-order valence-corrected chi connectivity index (χ0v) is 31.7. The summed E-state index contributed by atoms with van der Waals surface area (Å²) in [5.41, 5.74) is 11.6. The molecule has 0 spiro atoms. The standard InChI is InChI=1S/C54H32N4O/c55-33-34-12-9-17-37(28-34)41-24-26-44-45-27-25-42(32-48(45)51-50(47(44)31-41)46-22-7-8-23-49(46)59-51)39-19-10-18-38(29-39)40-20-11-21-43(30-40)54-57-52(35-13-3-1-4-14-35)56-53(58-54)36-15-5-2-6-16-36/h1-32H. The number of nitrogens with zero attached hydrogens (tertiary/aromatic N) is 4. The number of hydrogen-bond donors (Lipinski definition) is 0. The van der Waals surface area contributed by atoms with Gasteiger partial charge in [0.15, 0.2) is 17.5 Å². The van der Waals surface area contributed by atoms with Gasteiger partial charge in [0.2, 0.25) is 0 Å². The van der Waals surface area contributed by atoms with Gasteiger partial charge in [-0.2, -0.15) is 5.26 Å². The Morgan fingerprint density at radius 2 is 0.797 bits per heavy atom. The molecule has 0 aliphatic carbocycles. The van der Waals surface area contributed by atoms with E-state index in [1.807, 2.05) is 91.0 Å². The molecule has 0 saturated heterocycles. The highest BCUT2D eigenvalue weighted by atomic mass is 16.3. The Balaban J connectivity index is 1.02. The Bertz CT molecular complexity index is 3400. The van der Waals surface area contributed by atoms with E-state index in [1.54, 1.807) is 0 Å². The Morgan fingerprint density at radius 3 is 1.42 bits per heavy atom. The molecule has 0 amide bonds. The van der Waals surface area contributed by atoms with Crippen LogP contribution in [-0.2, 0) is 0 Å². The molecule has 0 aliphatic rings. The van der Waals surface area contributed by atoms with Crippen molar-refractivity contribution in [1.29, 1.82) is 5.26 Å². The summed E-state index contributed by atoms with van der Waals surface area (Å²) in [6, 6.07) is 68.8. The molecule has 0 fully saturated rings. The van der Waals surface area contributed by atoms with Crippen molar-refractivity contribution in [3.8, 4) is 73.6 Å². The molecule has 11 rings (SSSR count). The van der Waals surface area contributed by atoms with Gasteiger partial charge in [-0.05, 0) is 92.0 Å². The Labute approximate surface area is 340 Å². The van der Waals surface area contributed by atoms with Gasteiger partial charge >= 0.3 is 0 Å². The van der Waals surface area contributed by atoms with Gasteiger partial charge in [0, 0.05) is 32.8 Å². The van der Waals surface area contributed by atoms with E-state index < -0.39 is 0 Å². The number of rotatable bonds is 6. The number of benzene rings is 9. The molecule has 2 aromatic heterocycles. The van der Waals surface area contributed by atoms with Crippen LogP contribution in [0.4, 0.5) is 0 Å². The van der Waals surface area contributed by atoms with Crippen LogP contribution in [0.2, 0.25) is 0 Å². The van der Waals surface area contributed by atoms with Gasteiger partial charge in [0.25, 0.3) is 0 Å². The van der Waals surface area contributed by atoms with Crippen LogP contribution in [0.15, 0.2) is 199 Å². The fourth-order valence-electron chi connectivity index (χ4n) is 8.24. The van der Waals surface area contributed by atoms with Gasteiger partial charge in [-0.1, -0.05) is 152 Å². The van der Waals surface area contributed by atoms with E-state index in [2.05, 4.69) is 109 Å². The smallest absolute Gasteiger partial charge is 0.164 e. The van der Waals surface area contributed by atoms with Gasteiger partial charge in [-0.25, -0.2) is 15.0 Å². The third-order valence-electron chi connectivity index (χ3n) is 11.1. The first-order valence-electron chi connectivity index (χ1n) is 19.6. The molecular weight excluding hydrogens is 721 g/mol. The van der Waals surface area contributed by atoms with E-state index >= 15 is 0 Å². The zero-order valence-electron chi connectivity index (χ0n) is 31.7. The normalized spacial score (nSPS) is 11.4. The van der Waals surface area contributed by atoms with E-state index in [-0.39, 0.29) is 0 Å². The zero-order chi connectivity index (χ0) is 39.3. The van der Waals surface area contributed by atoms with E-state index in [0.717, 1.165) is 93.6 Å². The highest BCUT2D eigenvalue weighted by molar-refractivity contribution is 6.30. The van der Waals surface area contributed by atoms with Crippen LogP contribution in [0.25, 0.3) is 111 Å². The summed E-state index contributed by atoms with van der Waals surface area (Å²) < 4.78 is 6.71. The van der Waals surface area contributed by atoms with Crippen LogP contribution in [0, 0.1) is 11.3 Å². The molecule has 0 saturated carbocycles. The Kier molecular flexibility index (Phi) is 8.13. The lowest BCUT2D eigenvalue weighted by Crippen LogP contribution is -2.00. The highest BCUT2D eigenvalue weighted by Gasteiger charge is 2.18. The number of fused-ring (bicyclic) bond motifs is 8. The van der Waals surface area contributed by atoms with E-state index in [4.69, 9.17) is 19.4 Å². The van der Waals surface area contributed by atoms with Gasteiger partial charge in [-0.3, -0.25) is 0 Å². The van der Waals surface area contributed by atoms with Crippen molar-refractivity contribution in [2.75, 3.05) is 0 Å². The van der Waals surface area contributed by atoms with Gasteiger partial charge in [-0.15, -0.1) is 0 Å². The van der Waals surface area contributed by atoms with Crippen LogP contribution in [-0.4, -0.2) is 15.0 Å². The van der Waals surface area contributed by atoms with Crippen LogP contribution in [0.1, 0.15) is 5.56 Å². The summed E-state index contributed by atoms with van der Waals surface area (Å²) in [4.78, 5) is 14.8. The first kappa shape index (κ1) is 34.1. The molecule has 0 unspecified atom stereocenters. The molecule has 11 aromatic rings. The lowest BCUT2D eigenvalue weighted by Gasteiger charge is -2.12. The predicted octanol–water partition coefficient (Wildman–Crippen LogP) is 14.0. The molecule has 5 nitrogen and oxygen atoms in total. The molecule has 0 aliphatic heterocycles. The van der Waals surface area contributed by atoms with Crippen molar-refractivity contribution < 1.29 is 4.42 Å². The number of nitriles is 1. The molecule has 274 valence electrons. The predicted molar refractivity (Wildman–Crippen MR) is 239 cm³/mol. The number of aromatic nitrogens is 3. The van der Waals surface area contributed by atoms with Crippen molar-refractivity contribution in [2.45, 2.75) is 0 Å². The van der Waals surface area contributed by atoms with Crippen molar-refractivity contribution in [3.63, 3.8) is 0 Å². The van der Waals surface area contributed by atoms with E-state index in [9.17, 15) is 5.26 Å². The summed E-state index contributed by atoms with van der Waals surface area (Å²) in [5.74, 6) is 1.89. The van der Waals surface area contributed by atoms with Crippen LogP contribution < -0.4 is 0 Å². The lowest BCUT2D eigenvalue weighted by atomic mass is 9.91. The quantitative estimate of drug-likeness (QED) is 0.158. The first-order valence-corrected chi connectivity index (χ1v) is 19.6. The molecule has 0 atom stereocenters. The van der Waals surface area contributed by atoms with E-state index in [0.29, 0.717) is 23.0 Å². The van der Waals surface area contributed by atoms with Crippen molar-refractivity contribution in [3.05, 3.63) is 200 Å². The first-order chi connectivity index (χ1) is 29.2. The SMILES string of the molecule is N#Cc1cccc(-c2ccc3c4ccc(-c5cccc(-c6cccc(-c7nc(-c8ccccc8)nc(-c8ccccc8)n7)c6)c5)cc4c4oc5ccccc5c4c3c2)c1. The van der Waals surface area contributed by atoms with Crippen LogP contribution in [0.5, 0.6) is 0 Å². The maximum Gasteiger partial charge on any atom is 0.164 e. The number of hydrogen-bond acceptors (Lipinski definition) is 5. The second kappa shape index (κ2) is 14.1.